The van der Waals surface area contributed by atoms with Gasteiger partial charge in [0.15, 0.2) is 0 Å². The zero-order chi connectivity index (χ0) is 30.3. The molecule has 216 valence electrons. The predicted octanol–water partition coefficient (Wildman–Crippen LogP) is 8.56. The van der Waals surface area contributed by atoms with E-state index in [1.54, 1.807) is 24.3 Å². The SMILES string of the molecule is Nc1ccc(Oc2ccc(C3(c4ccc(Oc5ccc(N)c(O)c5)cc4)C=Cc4cc5ccccc5cc4C3)cc2)cc1O. The molecule has 0 fully saturated rings. The number of fused-ring (bicyclic) bond motifs is 2. The van der Waals surface area contributed by atoms with Crippen LogP contribution in [-0.4, -0.2) is 10.2 Å². The Bertz CT molecular complexity index is 1940. The smallest absolute Gasteiger partial charge is 0.142 e. The fraction of sp³-hybridized carbons (Fsp3) is 0.0526. The van der Waals surface area contributed by atoms with E-state index in [-0.39, 0.29) is 11.5 Å². The molecule has 0 atom stereocenters. The lowest BCUT2D eigenvalue weighted by molar-refractivity contribution is 0.456. The standard InChI is InChI=1S/C38H30N2O4/c39-34-15-13-32(21-36(34)41)43-30-9-5-28(6-10-30)38(18-17-26-19-24-3-1-2-4-25(24)20-27(26)23-38)29-7-11-31(12-8-29)44-33-14-16-35(40)37(42)22-33/h1-22,41-42H,23,39-40H2. The van der Waals surface area contributed by atoms with Gasteiger partial charge in [0.1, 0.15) is 34.5 Å². The van der Waals surface area contributed by atoms with E-state index in [4.69, 9.17) is 20.9 Å². The number of hydrogen-bond acceptors (Lipinski definition) is 6. The average Bonchev–Trinajstić information content (AvgIpc) is 3.04. The highest BCUT2D eigenvalue weighted by molar-refractivity contribution is 5.87. The molecular weight excluding hydrogens is 548 g/mol. The van der Waals surface area contributed by atoms with Gasteiger partial charge in [0.25, 0.3) is 0 Å². The van der Waals surface area contributed by atoms with Gasteiger partial charge < -0.3 is 31.2 Å². The molecule has 6 aromatic carbocycles. The molecule has 7 rings (SSSR count). The first-order valence-electron chi connectivity index (χ1n) is 14.3. The minimum atomic E-state index is -0.453. The van der Waals surface area contributed by atoms with E-state index in [9.17, 15) is 10.2 Å². The summed E-state index contributed by atoms with van der Waals surface area (Å²) in [5.74, 6) is 2.27. The van der Waals surface area contributed by atoms with Crippen molar-refractivity contribution in [2.45, 2.75) is 11.8 Å². The third kappa shape index (κ3) is 5.03. The lowest BCUT2D eigenvalue weighted by Crippen LogP contribution is -2.30. The summed E-state index contributed by atoms with van der Waals surface area (Å²) in [6, 6.07) is 38.8. The van der Waals surface area contributed by atoms with Crippen molar-refractivity contribution >= 4 is 28.2 Å². The molecule has 0 saturated carbocycles. The van der Waals surface area contributed by atoms with Crippen LogP contribution in [0.15, 0.2) is 127 Å². The quantitative estimate of drug-likeness (QED) is 0.116. The summed E-state index contributed by atoms with van der Waals surface area (Å²) >= 11 is 0. The summed E-state index contributed by atoms with van der Waals surface area (Å²) in [6.07, 6.45) is 5.27. The predicted molar refractivity (Wildman–Crippen MR) is 176 cm³/mol. The van der Waals surface area contributed by atoms with Gasteiger partial charge in [0.05, 0.1) is 11.4 Å². The lowest BCUT2D eigenvalue weighted by atomic mass is 9.67. The Hall–Kier alpha value is -5.88. The molecular formula is C38H30N2O4. The molecule has 0 spiro atoms. The molecule has 0 radical (unpaired) electrons. The molecule has 0 bridgehead atoms. The van der Waals surface area contributed by atoms with E-state index in [0.29, 0.717) is 34.4 Å². The maximum absolute atomic E-state index is 9.99. The van der Waals surface area contributed by atoms with E-state index >= 15 is 0 Å². The minimum Gasteiger partial charge on any atom is -0.506 e. The van der Waals surface area contributed by atoms with Gasteiger partial charge in [0, 0.05) is 17.5 Å². The molecule has 6 N–H and O–H groups in total. The van der Waals surface area contributed by atoms with Crippen molar-refractivity contribution in [1.82, 2.24) is 0 Å². The van der Waals surface area contributed by atoms with Crippen molar-refractivity contribution in [2.24, 2.45) is 0 Å². The molecule has 0 saturated heterocycles. The molecule has 6 nitrogen and oxygen atoms in total. The maximum Gasteiger partial charge on any atom is 0.142 e. The molecule has 6 heteroatoms. The molecule has 6 aromatic rings. The monoisotopic (exact) mass is 578 g/mol. The van der Waals surface area contributed by atoms with Crippen molar-refractivity contribution < 1.29 is 19.7 Å². The summed E-state index contributed by atoms with van der Waals surface area (Å²) < 4.78 is 12.0. The third-order valence-electron chi connectivity index (χ3n) is 8.24. The first-order chi connectivity index (χ1) is 21.4. The van der Waals surface area contributed by atoms with Crippen molar-refractivity contribution in [2.75, 3.05) is 11.5 Å². The van der Waals surface area contributed by atoms with Crippen LogP contribution in [0.3, 0.4) is 0 Å². The van der Waals surface area contributed by atoms with Crippen LogP contribution in [0.2, 0.25) is 0 Å². The van der Waals surface area contributed by atoms with Gasteiger partial charge in [-0.25, -0.2) is 0 Å². The fourth-order valence-corrected chi connectivity index (χ4v) is 5.85. The Kier molecular flexibility index (Phi) is 6.59. The minimum absolute atomic E-state index is 0.0165. The average molecular weight is 579 g/mol. The number of phenolic OH excluding ortho intramolecular Hbond substituents is 2. The molecule has 0 aliphatic heterocycles. The highest BCUT2D eigenvalue weighted by Crippen LogP contribution is 2.44. The normalized spacial score (nSPS) is 13.4. The Morgan fingerprint density at radius 1 is 0.545 bits per heavy atom. The number of allylic oxidation sites excluding steroid dienone is 1. The summed E-state index contributed by atoms with van der Waals surface area (Å²) in [7, 11) is 0. The zero-order valence-electron chi connectivity index (χ0n) is 23.8. The van der Waals surface area contributed by atoms with Crippen LogP contribution in [0, 0.1) is 0 Å². The Morgan fingerprint density at radius 3 is 1.52 bits per heavy atom. The number of nitrogens with two attached hydrogens (primary N) is 2. The van der Waals surface area contributed by atoms with Gasteiger partial charge in [0.2, 0.25) is 0 Å². The van der Waals surface area contributed by atoms with E-state index in [2.05, 4.69) is 72.8 Å². The lowest BCUT2D eigenvalue weighted by Gasteiger charge is -2.36. The number of anilines is 2. The molecule has 0 aromatic heterocycles. The zero-order valence-corrected chi connectivity index (χ0v) is 23.8. The first kappa shape index (κ1) is 27.0. The van der Waals surface area contributed by atoms with Crippen LogP contribution in [0.1, 0.15) is 22.3 Å². The first-order valence-corrected chi connectivity index (χ1v) is 14.3. The highest BCUT2D eigenvalue weighted by atomic mass is 16.5. The topological polar surface area (TPSA) is 111 Å². The largest absolute Gasteiger partial charge is 0.506 e. The summed E-state index contributed by atoms with van der Waals surface area (Å²) in [6.45, 7) is 0. The van der Waals surface area contributed by atoms with Crippen molar-refractivity contribution in [3.8, 4) is 34.5 Å². The van der Waals surface area contributed by atoms with Gasteiger partial charge in [-0.1, -0.05) is 66.7 Å². The van der Waals surface area contributed by atoms with Crippen LogP contribution >= 0.6 is 0 Å². The van der Waals surface area contributed by atoms with Crippen LogP contribution in [-0.2, 0) is 11.8 Å². The Morgan fingerprint density at radius 2 is 1.02 bits per heavy atom. The van der Waals surface area contributed by atoms with E-state index in [1.807, 2.05) is 24.3 Å². The molecule has 0 amide bonds. The van der Waals surface area contributed by atoms with Crippen molar-refractivity contribution in [3.63, 3.8) is 0 Å². The number of hydrogen-bond donors (Lipinski definition) is 4. The van der Waals surface area contributed by atoms with Gasteiger partial charge in [-0.15, -0.1) is 0 Å². The summed E-state index contributed by atoms with van der Waals surface area (Å²) in [5, 5.41) is 22.4. The summed E-state index contributed by atoms with van der Waals surface area (Å²) in [4.78, 5) is 0. The number of benzene rings is 6. The van der Waals surface area contributed by atoms with Gasteiger partial charge in [-0.2, -0.15) is 0 Å². The molecule has 0 heterocycles. The van der Waals surface area contributed by atoms with E-state index < -0.39 is 5.41 Å². The molecule has 1 aliphatic carbocycles. The third-order valence-corrected chi connectivity index (χ3v) is 8.24. The second-order valence-corrected chi connectivity index (χ2v) is 11.1. The van der Waals surface area contributed by atoms with E-state index in [1.165, 1.54) is 34.0 Å². The summed E-state index contributed by atoms with van der Waals surface area (Å²) in [5.41, 5.74) is 16.3. The van der Waals surface area contributed by atoms with E-state index in [0.717, 1.165) is 17.5 Å². The highest BCUT2D eigenvalue weighted by Gasteiger charge is 2.35. The van der Waals surface area contributed by atoms with Gasteiger partial charge in [-0.3, -0.25) is 0 Å². The van der Waals surface area contributed by atoms with Crippen LogP contribution in [0.5, 0.6) is 34.5 Å². The molecule has 0 unspecified atom stereocenters. The Balaban J connectivity index is 1.25. The van der Waals surface area contributed by atoms with Crippen LogP contribution in [0.25, 0.3) is 16.8 Å². The van der Waals surface area contributed by atoms with Gasteiger partial charge >= 0.3 is 0 Å². The van der Waals surface area contributed by atoms with Crippen LogP contribution in [0.4, 0.5) is 11.4 Å². The van der Waals surface area contributed by atoms with Gasteiger partial charge in [-0.05, 0) is 94.0 Å². The maximum atomic E-state index is 9.99. The number of phenols is 2. The van der Waals surface area contributed by atoms with Crippen molar-refractivity contribution in [3.05, 3.63) is 150 Å². The number of aromatic hydroxyl groups is 2. The Labute approximate surface area is 255 Å². The van der Waals surface area contributed by atoms with Crippen LogP contribution < -0.4 is 20.9 Å². The number of ether oxygens (including phenoxy) is 2. The fourth-order valence-electron chi connectivity index (χ4n) is 5.85. The number of nitrogen functional groups attached to an aromatic ring is 2. The van der Waals surface area contributed by atoms with Crippen molar-refractivity contribution in [1.29, 1.82) is 0 Å². The molecule has 44 heavy (non-hydrogen) atoms. The second kappa shape index (κ2) is 10.7. The number of rotatable bonds is 6. The molecule has 1 aliphatic rings. The second-order valence-electron chi connectivity index (χ2n) is 11.1.